The van der Waals surface area contributed by atoms with Gasteiger partial charge in [-0.2, -0.15) is 0 Å². The number of likely N-dealkylation sites (tertiary alicyclic amines) is 1. The van der Waals surface area contributed by atoms with Crippen LogP contribution in [0.15, 0.2) is 12.1 Å². The van der Waals surface area contributed by atoms with E-state index in [1.807, 2.05) is 12.1 Å². The first-order chi connectivity index (χ1) is 13.2. The second-order valence-electron chi connectivity index (χ2n) is 7.20. The predicted molar refractivity (Wildman–Crippen MR) is 107 cm³/mol. The van der Waals surface area contributed by atoms with Crippen LogP contribution in [0, 0.1) is 0 Å². The van der Waals surface area contributed by atoms with E-state index in [4.69, 9.17) is 21.1 Å². The monoisotopic (exact) mass is 391 g/mol. The molecule has 27 heavy (non-hydrogen) atoms. The Labute approximate surface area is 164 Å². The van der Waals surface area contributed by atoms with Crippen molar-refractivity contribution in [2.24, 2.45) is 0 Å². The number of ether oxygens (including phenoxy) is 2. The van der Waals surface area contributed by atoms with E-state index in [-0.39, 0.29) is 11.3 Å². The zero-order valence-electron chi connectivity index (χ0n) is 15.8. The van der Waals surface area contributed by atoms with Crippen LogP contribution in [0.4, 0.5) is 5.82 Å². The molecule has 8 heteroatoms. The molecule has 0 radical (unpaired) electrons. The Morgan fingerprint density at radius 3 is 2.59 bits per heavy atom. The van der Waals surface area contributed by atoms with Gasteiger partial charge in [-0.25, -0.2) is 9.97 Å². The van der Waals surface area contributed by atoms with E-state index in [1.165, 1.54) is 25.9 Å². The van der Waals surface area contributed by atoms with Gasteiger partial charge in [0.05, 0.1) is 19.7 Å². The summed E-state index contributed by atoms with van der Waals surface area (Å²) >= 11 is 6.18. The van der Waals surface area contributed by atoms with Gasteiger partial charge >= 0.3 is 0 Å². The standard InChI is InChI=1S/C19H26ClN5O2/c1-26-16-8-14-15(9-17(16)27-2)23-19(20)24-18(14)22-12-7-13(11-21-10-12)25-5-3-4-6-25/h8-9,12-13,21H,3-7,10-11H2,1-2H3,(H,22,23,24)/t12-,13?/m0/s1. The molecule has 2 aliphatic heterocycles. The average molecular weight is 392 g/mol. The Morgan fingerprint density at radius 1 is 1.11 bits per heavy atom. The molecule has 2 aromatic rings. The lowest BCUT2D eigenvalue weighted by Crippen LogP contribution is -2.52. The summed E-state index contributed by atoms with van der Waals surface area (Å²) in [5.41, 5.74) is 0.731. The normalized spacial score (nSPS) is 23.5. The molecule has 0 saturated carbocycles. The molecule has 0 bridgehead atoms. The molecule has 3 heterocycles. The molecule has 2 aliphatic rings. The van der Waals surface area contributed by atoms with Gasteiger partial charge in [-0.1, -0.05) is 0 Å². The second kappa shape index (κ2) is 8.04. The Morgan fingerprint density at radius 2 is 1.85 bits per heavy atom. The fourth-order valence-corrected chi connectivity index (χ4v) is 4.32. The van der Waals surface area contributed by atoms with Crippen LogP contribution in [0.3, 0.4) is 0 Å². The molecule has 1 unspecified atom stereocenters. The molecule has 1 aromatic heterocycles. The first-order valence-electron chi connectivity index (χ1n) is 9.48. The molecule has 2 fully saturated rings. The number of anilines is 1. The molecule has 2 N–H and O–H groups in total. The van der Waals surface area contributed by atoms with Crippen molar-refractivity contribution in [2.45, 2.75) is 31.3 Å². The Hall–Kier alpha value is -1.83. The van der Waals surface area contributed by atoms with Crippen LogP contribution >= 0.6 is 11.6 Å². The molecular weight excluding hydrogens is 366 g/mol. The molecule has 0 amide bonds. The van der Waals surface area contributed by atoms with Gasteiger partial charge in [0.1, 0.15) is 5.82 Å². The second-order valence-corrected chi connectivity index (χ2v) is 7.54. The number of fused-ring (bicyclic) bond motifs is 1. The number of hydrogen-bond acceptors (Lipinski definition) is 7. The minimum atomic E-state index is 0.220. The number of aromatic nitrogens is 2. The number of nitrogens with zero attached hydrogens (tertiary/aromatic N) is 3. The zero-order valence-corrected chi connectivity index (χ0v) is 16.6. The highest BCUT2D eigenvalue weighted by Gasteiger charge is 2.28. The first-order valence-corrected chi connectivity index (χ1v) is 9.86. The maximum atomic E-state index is 6.18. The Balaban J connectivity index is 1.60. The number of hydrogen-bond donors (Lipinski definition) is 2. The molecule has 4 rings (SSSR count). The summed E-state index contributed by atoms with van der Waals surface area (Å²) in [5, 5.41) is 8.24. The van der Waals surface area contributed by atoms with Crippen LogP contribution in [-0.4, -0.2) is 67.4 Å². The van der Waals surface area contributed by atoms with Crippen LogP contribution in [0.2, 0.25) is 5.28 Å². The van der Waals surface area contributed by atoms with Crippen molar-refractivity contribution < 1.29 is 9.47 Å². The lowest BCUT2D eigenvalue weighted by atomic mass is 10.0. The number of halogens is 1. The fourth-order valence-electron chi connectivity index (χ4n) is 4.14. The van der Waals surface area contributed by atoms with Crippen LogP contribution in [0.5, 0.6) is 11.5 Å². The molecule has 0 spiro atoms. The highest BCUT2D eigenvalue weighted by atomic mass is 35.5. The molecular formula is C19H26ClN5O2. The highest BCUT2D eigenvalue weighted by Crippen LogP contribution is 2.35. The van der Waals surface area contributed by atoms with Crippen molar-refractivity contribution in [1.29, 1.82) is 0 Å². The number of rotatable bonds is 5. The lowest BCUT2D eigenvalue weighted by molar-refractivity contribution is 0.196. The number of methoxy groups -OCH3 is 2. The molecule has 146 valence electrons. The van der Waals surface area contributed by atoms with Gasteiger partial charge in [-0.15, -0.1) is 0 Å². The van der Waals surface area contributed by atoms with Gasteiger partial charge in [0.25, 0.3) is 0 Å². The third-order valence-electron chi connectivity index (χ3n) is 5.50. The van der Waals surface area contributed by atoms with Crippen molar-refractivity contribution in [3.05, 3.63) is 17.4 Å². The van der Waals surface area contributed by atoms with Crippen molar-refractivity contribution in [2.75, 3.05) is 45.7 Å². The summed E-state index contributed by atoms with van der Waals surface area (Å²) in [6, 6.07) is 4.59. The fraction of sp³-hybridized carbons (Fsp3) is 0.579. The summed E-state index contributed by atoms with van der Waals surface area (Å²) in [6.45, 7) is 4.37. The number of benzene rings is 1. The van der Waals surface area contributed by atoms with Gasteiger partial charge in [-0.3, -0.25) is 4.90 Å². The smallest absolute Gasteiger partial charge is 0.224 e. The zero-order chi connectivity index (χ0) is 18.8. The van der Waals surface area contributed by atoms with E-state index in [0.29, 0.717) is 17.5 Å². The van der Waals surface area contributed by atoms with E-state index in [0.717, 1.165) is 36.2 Å². The third-order valence-corrected chi connectivity index (χ3v) is 5.67. The SMILES string of the molecule is COc1cc2nc(Cl)nc(N[C@@H]3CNCC(N4CCCC4)C3)c2cc1OC. The topological polar surface area (TPSA) is 71.5 Å². The molecule has 2 saturated heterocycles. The van der Waals surface area contributed by atoms with Crippen LogP contribution in [0.25, 0.3) is 10.9 Å². The van der Waals surface area contributed by atoms with Crippen molar-refractivity contribution in [3.63, 3.8) is 0 Å². The van der Waals surface area contributed by atoms with Gasteiger partial charge < -0.3 is 20.1 Å². The minimum absolute atomic E-state index is 0.220. The summed E-state index contributed by atoms with van der Waals surface area (Å²) in [4.78, 5) is 11.4. The van der Waals surface area contributed by atoms with E-state index < -0.39 is 0 Å². The molecule has 1 aromatic carbocycles. The molecule has 2 atom stereocenters. The summed E-state index contributed by atoms with van der Waals surface area (Å²) < 4.78 is 10.8. The maximum Gasteiger partial charge on any atom is 0.224 e. The van der Waals surface area contributed by atoms with Gasteiger partial charge in [0, 0.05) is 36.6 Å². The van der Waals surface area contributed by atoms with E-state index >= 15 is 0 Å². The largest absolute Gasteiger partial charge is 0.493 e. The highest BCUT2D eigenvalue weighted by molar-refractivity contribution is 6.28. The average Bonchev–Trinajstić information content (AvgIpc) is 3.22. The minimum Gasteiger partial charge on any atom is -0.493 e. The summed E-state index contributed by atoms with van der Waals surface area (Å²) in [5.74, 6) is 2.01. The maximum absolute atomic E-state index is 6.18. The van der Waals surface area contributed by atoms with Crippen LogP contribution in [-0.2, 0) is 0 Å². The van der Waals surface area contributed by atoms with Crippen molar-refractivity contribution in [1.82, 2.24) is 20.2 Å². The number of nitrogens with one attached hydrogen (secondary N) is 2. The molecule has 0 aliphatic carbocycles. The van der Waals surface area contributed by atoms with Crippen molar-refractivity contribution >= 4 is 28.3 Å². The van der Waals surface area contributed by atoms with Crippen molar-refractivity contribution in [3.8, 4) is 11.5 Å². The van der Waals surface area contributed by atoms with E-state index in [9.17, 15) is 0 Å². The van der Waals surface area contributed by atoms with Crippen LogP contribution < -0.4 is 20.1 Å². The van der Waals surface area contributed by atoms with E-state index in [2.05, 4.69) is 25.5 Å². The van der Waals surface area contributed by atoms with E-state index in [1.54, 1.807) is 14.2 Å². The van der Waals surface area contributed by atoms with Crippen LogP contribution in [0.1, 0.15) is 19.3 Å². The predicted octanol–water partition coefficient (Wildman–Crippen LogP) is 2.54. The van der Waals surface area contributed by atoms with Gasteiger partial charge in [0.2, 0.25) is 5.28 Å². The first kappa shape index (κ1) is 18.5. The van der Waals surface area contributed by atoms with Gasteiger partial charge in [0.15, 0.2) is 11.5 Å². The lowest BCUT2D eigenvalue weighted by Gasteiger charge is -2.36. The summed E-state index contributed by atoms with van der Waals surface area (Å²) in [6.07, 6.45) is 3.70. The van der Waals surface area contributed by atoms with Gasteiger partial charge in [-0.05, 0) is 50.0 Å². The number of piperidine rings is 1. The Bertz CT molecular complexity index is 812. The Kier molecular flexibility index (Phi) is 5.52. The molecule has 7 nitrogen and oxygen atoms in total. The summed E-state index contributed by atoms with van der Waals surface area (Å²) in [7, 11) is 3.23. The quantitative estimate of drug-likeness (QED) is 0.759. The third kappa shape index (κ3) is 3.90.